The van der Waals surface area contributed by atoms with Crippen LogP contribution in [0.1, 0.15) is 68.9 Å². The number of nitrogens with two attached hydrogens (primary N) is 1. The molecular formula is C29H41N3O4. The number of unbranched alkanes of at least 4 members (excludes halogenated alkanes) is 3. The van der Waals surface area contributed by atoms with E-state index in [0.29, 0.717) is 18.6 Å². The largest absolute Gasteiger partial charge is 0.504 e. The number of rotatable bonds is 14. The molecule has 1 saturated heterocycles. The van der Waals surface area contributed by atoms with Gasteiger partial charge < -0.3 is 26.2 Å². The number of carbonyl (C=O) groups excluding carboxylic acids is 2. The molecule has 0 saturated carbocycles. The highest BCUT2D eigenvalue weighted by Crippen LogP contribution is 2.31. The summed E-state index contributed by atoms with van der Waals surface area (Å²) in [5, 5.41) is 16.7. The third-order valence-electron chi connectivity index (χ3n) is 6.91. The fourth-order valence-corrected chi connectivity index (χ4v) is 4.77. The lowest BCUT2D eigenvalue weighted by atomic mass is 9.92. The van der Waals surface area contributed by atoms with E-state index in [1.54, 1.807) is 18.2 Å². The molecule has 2 aliphatic heterocycles. The Morgan fingerprint density at radius 1 is 1.17 bits per heavy atom. The number of dihydropyridines is 1. The number of Topliss-reactive ketones (excluding diaryl/α,β-unsaturated/α-hetero) is 1. The van der Waals surface area contributed by atoms with Crippen LogP contribution in [0.5, 0.6) is 11.5 Å². The van der Waals surface area contributed by atoms with E-state index in [0.717, 1.165) is 55.0 Å². The Hall–Kier alpha value is -2.90. The number of ketones is 2. The van der Waals surface area contributed by atoms with Crippen molar-refractivity contribution in [2.45, 2.75) is 70.4 Å². The van der Waals surface area contributed by atoms with Crippen LogP contribution in [0.3, 0.4) is 0 Å². The number of piperidine rings is 1. The lowest BCUT2D eigenvalue weighted by Crippen LogP contribution is -2.33. The van der Waals surface area contributed by atoms with Crippen molar-refractivity contribution in [1.29, 1.82) is 0 Å². The van der Waals surface area contributed by atoms with Crippen molar-refractivity contribution < 1.29 is 19.4 Å². The third-order valence-corrected chi connectivity index (χ3v) is 6.91. The molecule has 7 nitrogen and oxygen atoms in total. The predicted octanol–water partition coefficient (Wildman–Crippen LogP) is 4.15. The van der Waals surface area contributed by atoms with Crippen molar-refractivity contribution in [3.63, 3.8) is 0 Å². The van der Waals surface area contributed by atoms with Crippen LogP contribution >= 0.6 is 0 Å². The van der Waals surface area contributed by atoms with Crippen LogP contribution in [0.4, 0.5) is 0 Å². The first kappa shape index (κ1) is 27.7. The summed E-state index contributed by atoms with van der Waals surface area (Å²) in [6, 6.07) is 3.34. The Labute approximate surface area is 214 Å². The molecule has 2 aliphatic rings. The zero-order chi connectivity index (χ0) is 25.8. The van der Waals surface area contributed by atoms with Crippen molar-refractivity contribution in [3.05, 3.63) is 53.3 Å². The number of methoxy groups -OCH3 is 1. The molecule has 1 aromatic rings. The van der Waals surface area contributed by atoms with E-state index < -0.39 is 0 Å². The summed E-state index contributed by atoms with van der Waals surface area (Å²) in [7, 11) is 1.48. The summed E-state index contributed by atoms with van der Waals surface area (Å²) in [5.74, 6) is 0.999. The van der Waals surface area contributed by atoms with Gasteiger partial charge in [-0.3, -0.25) is 9.59 Å². The number of hydrogen-bond donors (Lipinski definition) is 4. The number of allylic oxidation sites excluding steroid dienone is 3. The molecule has 1 fully saturated rings. The topological polar surface area (TPSA) is 114 Å². The number of aromatic hydroxyl groups is 1. The molecule has 196 valence electrons. The first-order valence-corrected chi connectivity index (χ1v) is 13.2. The van der Waals surface area contributed by atoms with Crippen molar-refractivity contribution >= 4 is 17.6 Å². The number of carbonyl (C=O) groups is 2. The van der Waals surface area contributed by atoms with E-state index in [2.05, 4.69) is 10.6 Å². The lowest BCUT2D eigenvalue weighted by Gasteiger charge is -2.22. The number of nitrogens with one attached hydrogen (secondary N) is 2. The summed E-state index contributed by atoms with van der Waals surface area (Å²) in [5.41, 5.74) is 8.39. The van der Waals surface area contributed by atoms with E-state index in [1.165, 1.54) is 38.9 Å². The molecule has 36 heavy (non-hydrogen) atoms. The van der Waals surface area contributed by atoms with Crippen LogP contribution in [-0.4, -0.2) is 43.0 Å². The van der Waals surface area contributed by atoms with Gasteiger partial charge in [0.15, 0.2) is 17.3 Å². The molecular weight excluding hydrogens is 454 g/mol. The average Bonchev–Trinajstić information content (AvgIpc) is 2.87. The van der Waals surface area contributed by atoms with Gasteiger partial charge in [-0.15, -0.1) is 0 Å². The fourth-order valence-electron chi connectivity index (χ4n) is 4.77. The van der Waals surface area contributed by atoms with Crippen LogP contribution in [-0.2, 0) is 16.0 Å². The number of phenols is 1. The highest BCUT2D eigenvalue weighted by molar-refractivity contribution is 6.06. The van der Waals surface area contributed by atoms with Gasteiger partial charge in [-0.25, -0.2) is 0 Å². The van der Waals surface area contributed by atoms with Gasteiger partial charge in [-0.1, -0.05) is 37.8 Å². The standard InChI is InChI=1S/C29H41N3O4/c1-36-28-18-23(24(17-27(28)35)16-22-8-11-29(30)32-20-22)9-10-26(34)19-25(33)7-5-3-2-4-6-21-12-14-31-15-13-21/h8-11,17-18,20-21,29,31-32,35H,2-7,12-16,19,30H2,1H3. The summed E-state index contributed by atoms with van der Waals surface area (Å²) >= 11 is 0. The Balaban J connectivity index is 1.45. The van der Waals surface area contributed by atoms with Gasteiger partial charge in [-0.05, 0) is 85.7 Å². The van der Waals surface area contributed by atoms with E-state index in [-0.39, 0.29) is 29.9 Å². The maximum absolute atomic E-state index is 12.5. The first-order valence-electron chi connectivity index (χ1n) is 13.2. The van der Waals surface area contributed by atoms with Gasteiger partial charge in [0.25, 0.3) is 0 Å². The normalized spacial score (nSPS) is 18.2. The van der Waals surface area contributed by atoms with Gasteiger partial charge in [-0.2, -0.15) is 0 Å². The van der Waals surface area contributed by atoms with Gasteiger partial charge in [0.2, 0.25) is 0 Å². The highest BCUT2D eigenvalue weighted by atomic mass is 16.5. The average molecular weight is 496 g/mol. The Morgan fingerprint density at radius 3 is 2.67 bits per heavy atom. The molecule has 3 rings (SSSR count). The van der Waals surface area contributed by atoms with Crippen molar-refractivity contribution in [2.75, 3.05) is 20.2 Å². The van der Waals surface area contributed by atoms with Crippen LogP contribution in [0, 0.1) is 5.92 Å². The van der Waals surface area contributed by atoms with Crippen LogP contribution in [0.15, 0.2) is 42.1 Å². The van der Waals surface area contributed by atoms with Crippen molar-refractivity contribution in [1.82, 2.24) is 10.6 Å². The van der Waals surface area contributed by atoms with Gasteiger partial charge in [0.1, 0.15) is 5.78 Å². The van der Waals surface area contributed by atoms with Gasteiger partial charge >= 0.3 is 0 Å². The number of ether oxygens (including phenoxy) is 1. The molecule has 1 atom stereocenters. The Kier molecular flexibility index (Phi) is 11.2. The maximum Gasteiger partial charge on any atom is 0.163 e. The monoisotopic (exact) mass is 495 g/mol. The Bertz CT molecular complexity index is 977. The Morgan fingerprint density at radius 2 is 1.94 bits per heavy atom. The molecule has 5 N–H and O–H groups in total. The molecule has 0 bridgehead atoms. The second-order valence-electron chi connectivity index (χ2n) is 9.83. The second-order valence-corrected chi connectivity index (χ2v) is 9.83. The summed E-state index contributed by atoms with van der Waals surface area (Å²) in [4.78, 5) is 24.8. The first-order chi connectivity index (χ1) is 17.4. The minimum Gasteiger partial charge on any atom is -0.504 e. The molecule has 7 heteroatoms. The molecule has 1 aromatic carbocycles. The minimum atomic E-state index is -0.216. The molecule has 0 spiro atoms. The molecule has 0 aliphatic carbocycles. The van der Waals surface area contributed by atoms with Crippen LogP contribution < -0.4 is 21.1 Å². The van der Waals surface area contributed by atoms with Crippen molar-refractivity contribution in [2.24, 2.45) is 11.7 Å². The number of phenolic OH excluding ortho intramolecular Hbond substituents is 1. The summed E-state index contributed by atoms with van der Waals surface area (Å²) in [6.07, 6.45) is 17.6. The third kappa shape index (κ3) is 9.28. The van der Waals surface area contributed by atoms with E-state index >= 15 is 0 Å². The number of benzene rings is 1. The van der Waals surface area contributed by atoms with Gasteiger partial charge in [0, 0.05) is 12.6 Å². The quantitative estimate of drug-likeness (QED) is 0.174. The molecule has 0 aromatic heterocycles. The smallest absolute Gasteiger partial charge is 0.163 e. The highest BCUT2D eigenvalue weighted by Gasteiger charge is 2.14. The zero-order valence-electron chi connectivity index (χ0n) is 21.4. The second kappa shape index (κ2) is 14.6. The molecule has 2 heterocycles. The summed E-state index contributed by atoms with van der Waals surface area (Å²) in [6.45, 7) is 2.29. The molecule has 1 unspecified atom stereocenters. The fraction of sp³-hybridized carbons (Fsp3) is 0.517. The number of hydrogen-bond acceptors (Lipinski definition) is 7. The zero-order valence-corrected chi connectivity index (χ0v) is 21.4. The van der Waals surface area contributed by atoms with Crippen LogP contribution in [0.2, 0.25) is 0 Å². The van der Waals surface area contributed by atoms with E-state index in [9.17, 15) is 14.7 Å². The lowest BCUT2D eigenvalue weighted by molar-refractivity contribution is -0.124. The SMILES string of the molecule is COc1cc(C=CC(=O)CC(=O)CCCCCCC2CCNCC2)c(CC2=CNC(N)C=C2)cc1O. The summed E-state index contributed by atoms with van der Waals surface area (Å²) < 4.78 is 5.24. The molecule has 0 radical (unpaired) electrons. The minimum absolute atomic E-state index is 0.00794. The van der Waals surface area contributed by atoms with E-state index in [1.807, 2.05) is 18.4 Å². The van der Waals surface area contributed by atoms with E-state index in [4.69, 9.17) is 10.5 Å². The maximum atomic E-state index is 12.5. The molecule has 0 amide bonds. The van der Waals surface area contributed by atoms with Crippen LogP contribution in [0.25, 0.3) is 6.08 Å². The van der Waals surface area contributed by atoms with Gasteiger partial charge in [0.05, 0.1) is 19.7 Å². The predicted molar refractivity (Wildman–Crippen MR) is 144 cm³/mol. The van der Waals surface area contributed by atoms with Crippen molar-refractivity contribution in [3.8, 4) is 11.5 Å².